The van der Waals surface area contributed by atoms with Crippen LogP contribution in [0.1, 0.15) is 5.56 Å². The molecule has 1 aromatic carbocycles. The summed E-state index contributed by atoms with van der Waals surface area (Å²) in [7, 11) is 0. The van der Waals surface area contributed by atoms with Gasteiger partial charge in [-0.05, 0) is 12.0 Å². The first-order valence-electron chi connectivity index (χ1n) is 4.78. The van der Waals surface area contributed by atoms with Gasteiger partial charge in [-0.25, -0.2) is 4.99 Å². The van der Waals surface area contributed by atoms with Crippen molar-refractivity contribution in [2.45, 2.75) is 18.9 Å². The van der Waals surface area contributed by atoms with Gasteiger partial charge in [0.25, 0.3) is 5.90 Å². The number of aliphatic imine (C=N–C) groups is 1. The van der Waals surface area contributed by atoms with Crippen molar-refractivity contribution in [3.05, 3.63) is 35.9 Å². The second-order valence-corrected chi connectivity index (χ2v) is 3.42. The molecule has 0 N–H and O–H groups in total. The molecule has 0 aromatic heterocycles. The van der Waals surface area contributed by atoms with Crippen LogP contribution in [-0.2, 0) is 11.2 Å². The van der Waals surface area contributed by atoms with Crippen LogP contribution < -0.4 is 0 Å². The predicted molar refractivity (Wildman–Crippen MR) is 53.3 cm³/mol. The van der Waals surface area contributed by atoms with E-state index in [-0.39, 0.29) is 12.6 Å². The molecule has 0 radical (unpaired) electrons. The number of hydrogen-bond donors (Lipinski definition) is 0. The zero-order chi connectivity index (χ0) is 10.7. The molecule has 15 heavy (non-hydrogen) atoms. The summed E-state index contributed by atoms with van der Waals surface area (Å²) in [6.45, 7) is 0.258. The average Bonchev–Trinajstić information content (AvgIpc) is 2.68. The van der Waals surface area contributed by atoms with Gasteiger partial charge in [-0.2, -0.15) is 8.78 Å². The van der Waals surface area contributed by atoms with Gasteiger partial charge in [0.2, 0.25) is 0 Å². The Morgan fingerprint density at radius 2 is 2.07 bits per heavy atom. The topological polar surface area (TPSA) is 21.6 Å². The quantitative estimate of drug-likeness (QED) is 0.751. The van der Waals surface area contributed by atoms with Gasteiger partial charge in [-0.3, -0.25) is 0 Å². The van der Waals surface area contributed by atoms with Crippen LogP contribution in [0.15, 0.2) is 35.3 Å². The second-order valence-electron chi connectivity index (χ2n) is 3.42. The number of ether oxygens (including phenoxy) is 1. The van der Waals surface area contributed by atoms with E-state index in [0.717, 1.165) is 5.56 Å². The summed E-state index contributed by atoms with van der Waals surface area (Å²) >= 11 is 0. The third-order valence-corrected chi connectivity index (χ3v) is 2.23. The lowest BCUT2D eigenvalue weighted by Crippen LogP contribution is -2.10. The van der Waals surface area contributed by atoms with Crippen LogP contribution in [0, 0.1) is 0 Å². The molecule has 0 bridgehead atoms. The van der Waals surface area contributed by atoms with E-state index in [1.807, 2.05) is 30.3 Å². The fraction of sp³-hybridized carbons (Fsp3) is 0.364. The van der Waals surface area contributed by atoms with Crippen LogP contribution in [0.3, 0.4) is 0 Å². The molecular formula is C11H11F2NO. The molecule has 0 fully saturated rings. The Kier molecular flexibility index (Phi) is 2.94. The summed E-state index contributed by atoms with van der Waals surface area (Å²) in [6.07, 6.45) is -1.94. The third kappa shape index (κ3) is 2.52. The molecule has 2 rings (SSSR count). The molecule has 4 heteroatoms. The van der Waals surface area contributed by atoms with E-state index in [2.05, 4.69) is 4.99 Å². The van der Waals surface area contributed by atoms with Crippen molar-refractivity contribution < 1.29 is 13.5 Å². The van der Waals surface area contributed by atoms with Gasteiger partial charge in [0.1, 0.15) is 6.61 Å². The lowest BCUT2D eigenvalue weighted by molar-refractivity contribution is 0.178. The molecule has 0 amide bonds. The van der Waals surface area contributed by atoms with Gasteiger partial charge in [-0.1, -0.05) is 30.3 Å². The predicted octanol–water partition coefficient (Wildman–Crippen LogP) is 2.29. The Balaban J connectivity index is 1.98. The van der Waals surface area contributed by atoms with Crippen LogP contribution in [0.5, 0.6) is 0 Å². The number of nitrogens with zero attached hydrogens (tertiary/aromatic N) is 1. The smallest absolute Gasteiger partial charge is 0.312 e. The molecule has 80 valence electrons. The molecule has 1 aromatic rings. The second kappa shape index (κ2) is 4.38. The lowest BCUT2D eigenvalue weighted by atomic mass is 10.1. The molecule has 2 nitrogen and oxygen atoms in total. The van der Waals surface area contributed by atoms with Crippen molar-refractivity contribution in [1.82, 2.24) is 0 Å². The molecule has 0 spiro atoms. The lowest BCUT2D eigenvalue weighted by Gasteiger charge is -2.03. The summed E-state index contributed by atoms with van der Waals surface area (Å²) < 4.78 is 29.2. The van der Waals surface area contributed by atoms with Gasteiger partial charge >= 0.3 is 6.43 Å². The molecule has 0 aliphatic carbocycles. The van der Waals surface area contributed by atoms with E-state index < -0.39 is 12.3 Å². The highest BCUT2D eigenvalue weighted by molar-refractivity contribution is 5.80. The normalized spacial score (nSPS) is 20.2. The van der Waals surface area contributed by atoms with E-state index in [4.69, 9.17) is 4.74 Å². The van der Waals surface area contributed by atoms with E-state index in [1.54, 1.807) is 0 Å². The Labute approximate surface area is 86.6 Å². The Morgan fingerprint density at radius 1 is 1.33 bits per heavy atom. The van der Waals surface area contributed by atoms with Crippen LogP contribution in [0.25, 0.3) is 0 Å². The monoisotopic (exact) mass is 211 g/mol. The summed E-state index contributed by atoms with van der Waals surface area (Å²) in [5.41, 5.74) is 1.09. The number of benzene rings is 1. The van der Waals surface area contributed by atoms with Crippen molar-refractivity contribution in [2.24, 2.45) is 4.99 Å². The first-order valence-corrected chi connectivity index (χ1v) is 4.78. The number of rotatable bonds is 3. The van der Waals surface area contributed by atoms with Crippen molar-refractivity contribution in [2.75, 3.05) is 6.61 Å². The van der Waals surface area contributed by atoms with E-state index in [1.165, 1.54) is 0 Å². The molecular weight excluding hydrogens is 200 g/mol. The molecule has 1 atom stereocenters. The Hall–Kier alpha value is -1.45. The van der Waals surface area contributed by atoms with Gasteiger partial charge in [-0.15, -0.1) is 0 Å². The van der Waals surface area contributed by atoms with E-state index in [0.29, 0.717) is 6.42 Å². The maximum Gasteiger partial charge on any atom is 0.312 e. The van der Waals surface area contributed by atoms with Gasteiger partial charge in [0, 0.05) is 0 Å². The van der Waals surface area contributed by atoms with Crippen molar-refractivity contribution in [1.29, 1.82) is 0 Å². The highest BCUT2D eigenvalue weighted by Crippen LogP contribution is 2.14. The molecule has 1 aliphatic heterocycles. The number of hydrogen-bond acceptors (Lipinski definition) is 2. The van der Waals surface area contributed by atoms with Crippen LogP contribution in [0.4, 0.5) is 8.78 Å². The fourth-order valence-corrected chi connectivity index (χ4v) is 1.55. The summed E-state index contributed by atoms with van der Waals surface area (Å²) in [5.74, 6) is -0.420. The first-order chi connectivity index (χ1) is 7.25. The maximum absolute atomic E-state index is 12.2. The molecule has 1 aliphatic rings. The molecule has 1 heterocycles. The SMILES string of the molecule is FC(F)C1=N[C@@H](Cc2ccccc2)CO1. The Bertz CT molecular complexity index is 351. The van der Waals surface area contributed by atoms with Crippen LogP contribution in [0.2, 0.25) is 0 Å². The van der Waals surface area contributed by atoms with Gasteiger partial charge in [0.05, 0.1) is 6.04 Å². The highest BCUT2D eigenvalue weighted by atomic mass is 19.3. The standard InChI is InChI=1S/C11H11F2NO/c12-10(13)11-14-9(7-15-11)6-8-4-2-1-3-5-8/h1-5,9-10H,6-7H2/t9-/m0/s1. The molecule has 0 unspecified atom stereocenters. The maximum atomic E-state index is 12.2. The number of halogens is 2. The number of alkyl halides is 2. The highest BCUT2D eigenvalue weighted by Gasteiger charge is 2.25. The van der Waals surface area contributed by atoms with E-state index >= 15 is 0 Å². The molecule has 0 saturated heterocycles. The Morgan fingerprint density at radius 3 is 2.67 bits per heavy atom. The zero-order valence-electron chi connectivity index (χ0n) is 8.07. The van der Waals surface area contributed by atoms with Crippen LogP contribution in [-0.4, -0.2) is 25.0 Å². The zero-order valence-corrected chi connectivity index (χ0v) is 8.07. The minimum Gasteiger partial charge on any atom is -0.475 e. The summed E-state index contributed by atoms with van der Waals surface area (Å²) in [4.78, 5) is 3.83. The van der Waals surface area contributed by atoms with Crippen LogP contribution >= 0.6 is 0 Å². The van der Waals surface area contributed by atoms with Gasteiger partial charge in [0.15, 0.2) is 0 Å². The third-order valence-electron chi connectivity index (χ3n) is 2.23. The van der Waals surface area contributed by atoms with Crippen molar-refractivity contribution in [3.63, 3.8) is 0 Å². The largest absolute Gasteiger partial charge is 0.475 e. The van der Waals surface area contributed by atoms with Crippen molar-refractivity contribution >= 4 is 5.90 Å². The van der Waals surface area contributed by atoms with E-state index in [9.17, 15) is 8.78 Å². The summed E-state index contributed by atoms with van der Waals surface area (Å²) in [5, 5.41) is 0. The van der Waals surface area contributed by atoms with Gasteiger partial charge < -0.3 is 4.74 Å². The summed E-state index contributed by atoms with van der Waals surface area (Å²) in [6, 6.07) is 9.50. The van der Waals surface area contributed by atoms with Crippen molar-refractivity contribution in [3.8, 4) is 0 Å². The first kappa shape index (κ1) is 10.1. The minimum absolute atomic E-state index is 0.170. The average molecular weight is 211 g/mol. The minimum atomic E-state index is -2.59. The molecule has 0 saturated carbocycles. The fourth-order valence-electron chi connectivity index (χ4n) is 1.55.